The van der Waals surface area contributed by atoms with Crippen molar-refractivity contribution in [3.05, 3.63) is 12.2 Å². The molecule has 2 N–H and O–H groups in total. The summed E-state index contributed by atoms with van der Waals surface area (Å²) in [5, 5.41) is 12.2. The van der Waals surface area contributed by atoms with Crippen LogP contribution in [0.1, 0.15) is 39.0 Å². The van der Waals surface area contributed by atoms with Gasteiger partial charge in [0.15, 0.2) is 0 Å². The van der Waals surface area contributed by atoms with Crippen molar-refractivity contribution >= 4 is 12.0 Å². The van der Waals surface area contributed by atoms with Gasteiger partial charge in [-0.05, 0) is 31.6 Å². The van der Waals surface area contributed by atoms with Gasteiger partial charge in [0.25, 0.3) is 0 Å². The zero-order chi connectivity index (χ0) is 13.8. The van der Waals surface area contributed by atoms with Crippen LogP contribution in [-0.4, -0.2) is 40.6 Å². The lowest BCUT2D eigenvalue weighted by Gasteiger charge is -2.37. The summed E-state index contributed by atoms with van der Waals surface area (Å²) in [5.74, 6) is -0.476. The van der Waals surface area contributed by atoms with Gasteiger partial charge < -0.3 is 15.3 Å². The van der Waals surface area contributed by atoms with Crippen LogP contribution in [0.4, 0.5) is 4.79 Å². The van der Waals surface area contributed by atoms with E-state index in [4.69, 9.17) is 0 Å². The van der Waals surface area contributed by atoms with E-state index in [0.29, 0.717) is 18.9 Å². The van der Waals surface area contributed by atoms with Crippen LogP contribution in [-0.2, 0) is 4.79 Å². The maximum absolute atomic E-state index is 12.2. The van der Waals surface area contributed by atoms with Crippen LogP contribution in [0.5, 0.6) is 0 Å². The smallest absolute Gasteiger partial charge is 0.326 e. The number of piperidine rings is 1. The van der Waals surface area contributed by atoms with E-state index >= 15 is 0 Å². The molecule has 106 valence electrons. The summed E-state index contributed by atoms with van der Waals surface area (Å²) in [6, 6.07) is -0.769. The third-order valence-corrected chi connectivity index (χ3v) is 4.17. The Morgan fingerprint density at radius 1 is 1.37 bits per heavy atom. The van der Waals surface area contributed by atoms with Crippen molar-refractivity contribution in [3.8, 4) is 0 Å². The molecule has 2 amide bonds. The van der Waals surface area contributed by atoms with Gasteiger partial charge in [0, 0.05) is 12.6 Å². The summed E-state index contributed by atoms with van der Waals surface area (Å²) in [6.45, 7) is 2.62. The molecular weight excluding hydrogens is 244 g/mol. The minimum atomic E-state index is -0.891. The maximum atomic E-state index is 12.2. The monoisotopic (exact) mass is 266 g/mol. The van der Waals surface area contributed by atoms with E-state index in [1.807, 2.05) is 12.2 Å². The van der Waals surface area contributed by atoms with Crippen LogP contribution in [0.25, 0.3) is 0 Å². The van der Waals surface area contributed by atoms with E-state index in [0.717, 1.165) is 25.7 Å². The lowest BCUT2D eigenvalue weighted by molar-refractivity contribution is -0.144. The minimum absolute atomic E-state index is 0.130. The second-order valence-corrected chi connectivity index (χ2v) is 5.44. The molecule has 1 aliphatic heterocycles. The highest BCUT2D eigenvalue weighted by atomic mass is 16.4. The molecule has 2 atom stereocenters. The first kappa shape index (κ1) is 13.9. The lowest BCUT2D eigenvalue weighted by atomic mass is 9.89. The highest BCUT2D eigenvalue weighted by Gasteiger charge is 2.36. The number of hydrogen-bond donors (Lipinski definition) is 2. The molecular formula is C14H22N2O3. The molecule has 2 aliphatic rings. The number of aliphatic carboxylic acids is 1. The van der Waals surface area contributed by atoms with Crippen LogP contribution < -0.4 is 5.32 Å². The topological polar surface area (TPSA) is 69.6 Å². The van der Waals surface area contributed by atoms with Gasteiger partial charge in [-0.15, -0.1) is 0 Å². The molecule has 5 heteroatoms. The number of carboxylic acid groups (broad SMARTS) is 1. The third-order valence-electron chi connectivity index (χ3n) is 4.17. The minimum Gasteiger partial charge on any atom is -0.480 e. The Morgan fingerprint density at radius 3 is 2.63 bits per heavy atom. The van der Waals surface area contributed by atoms with E-state index in [1.165, 1.54) is 4.90 Å². The summed E-state index contributed by atoms with van der Waals surface area (Å²) in [6.07, 6.45) is 8.22. The SMILES string of the molecule is CCC1CCN(C(=O)NC2CC=CC2)C(C(=O)O)C1. The average Bonchev–Trinajstić information content (AvgIpc) is 2.90. The number of nitrogens with zero attached hydrogens (tertiary/aromatic N) is 1. The Bertz CT molecular complexity index is 373. The zero-order valence-electron chi connectivity index (χ0n) is 11.3. The predicted molar refractivity (Wildman–Crippen MR) is 71.8 cm³/mol. The first-order chi connectivity index (χ1) is 9.11. The molecule has 19 heavy (non-hydrogen) atoms. The fourth-order valence-electron chi connectivity index (χ4n) is 2.88. The van der Waals surface area contributed by atoms with Crippen LogP contribution in [0.2, 0.25) is 0 Å². The number of amides is 2. The number of carbonyl (C=O) groups excluding carboxylic acids is 1. The summed E-state index contributed by atoms with van der Waals surface area (Å²) in [7, 11) is 0. The molecule has 1 aliphatic carbocycles. The number of carbonyl (C=O) groups is 2. The number of rotatable bonds is 3. The average molecular weight is 266 g/mol. The maximum Gasteiger partial charge on any atom is 0.326 e. The van der Waals surface area contributed by atoms with Crippen molar-refractivity contribution in [1.29, 1.82) is 0 Å². The second-order valence-electron chi connectivity index (χ2n) is 5.44. The largest absolute Gasteiger partial charge is 0.480 e. The van der Waals surface area contributed by atoms with Crippen molar-refractivity contribution in [2.75, 3.05) is 6.54 Å². The van der Waals surface area contributed by atoms with E-state index in [1.54, 1.807) is 0 Å². The third kappa shape index (κ3) is 3.28. The van der Waals surface area contributed by atoms with Gasteiger partial charge in [0.2, 0.25) is 0 Å². The Kier molecular flexibility index (Phi) is 4.45. The normalized spacial score (nSPS) is 27.5. The molecule has 0 radical (unpaired) electrons. The molecule has 0 aromatic rings. The van der Waals surface area contributed by atoms with Crippen LogP contribution >= 0.6 is 0 Å². The molecule has 1 saturated heterocycles. The first-order valence-electron chi connectivity index (χ1n) is 7.06. The Labute approximate surface area is 113 Å². The molecule has 1 fully saturated rings. The standard InChI is InChI=1S/C14H22N2O3/c1-2-10-7-8-16(12(9-10)13(17)18)14(19)15-11-5-3-4-6-11/h3-4,10-12H,2,5-9H2,1H3,(H,15,19)(H,17,18). The van der Waals surface area contributed by atoms with Gasteiger partial charge in [-0.1, -0.05) is 25.5 Å². The van der Waals surface area contributed by atoms with Crippen molar-refractivity contribution in [2.24, 2.45) is 5.92 Å². The first-order valence-corrected chi connectivity index (χ1v) is 7.06. The van der Waals surface area contributed by atoms with Gasteiger partial charge in [0.05, 0.1) is 0 Å². The van der Waals surface area contributed by atoms with Crippen molar-refractivity contribution in [3.63, 3.8) is 0 Å². The molecule has 1 heterocycles. The molecule has 0 aromatic carbocycles. The van der Waals surface area contributed by atoms with Gasteiger partial charge in [0.1, 0.15) is 6.04 Å². The zero-order valence-corrected chi connectivity index (χ0v) is 11.3. The molecule has 0 aromatic heterocycles. The van der Waals surface area contributed by atoms with Crippen LogP contribution in [0, 0.1) is 5.92 Å². The number of nitrogens with one attached hydrogen (secondary N) is 1. The molecule has 2 unspecified atom stereocenters. The molecule has 5 nitrogen and oxygen atoms in total. The van der Waals surface area contributed by atoms with E-state index in [2.05, 4.69) is 12.2 Å². The quantitative estimate of drug-likeness (QED) is 0.767. The Balaban J connectivity index is 1.96. The number of hydrogen-bond acceptors (Lipinski definition) is 2. The number of carboxylic acids is 1. The molecule has 2 rings (SSSR count). The summed E-state index contributed by atoms with van der Waals surface area (Å²) in [4.78, 5) is 25.0. The van der Waals surface area contributed by atoms with Crippen molar-refractivity contribution in [1.82, 2.24) is 10.2 Å². The fourth-order valence-corrected chi connectivity index (χ4v) is 2.88. The van der Waals surface area contributed by atoms with Gasteiger partial charge >= 0.3 is 12.0 Å². The van der Waals surface area contributed by atoms with Crippen LogP contribution in [0.3, 0.4) is 0 Å². The van der Waals surface area contributed by atoms with Crippen molar-refractivity contribution < 1.29 is 14.7 Å². The van der Waals surface area contributed by atoms with Gasteiger partial charge in [-0.3, -0.25) is 0 Å². The fraction of sp³-hybridized carbons (Fsp3) is 0.714. The summed E-state index contributed by atoms with van der Waals surface area (Å²) >= 11 is 0. The van der Waals surface area contributed by atoms with E-state index < -0.39 is 12.0 Å². The Hall–Kier alpha value is -1.52. The molecule has 0 bridgehead atoms. The van der Waals surface area contributed by atoms with E-state index in [9.17, 15) is 14.7 Å². The van der Waals surface area contributed by atoms with Gasteiger partial charge in [-0.2, -0.15) is 0 Å². The lowest BCUT2D eigenvalue weighted by Crippen LogP contribution is -2.54. The summed E-state index contributed by atoms with van der Waals surface area (Å²) < 4.78 is 0. The molecule has 0 saturated carbocycles. The molecule has 0 spiro atoms. The Morgan fingerprint density at radius 2 is 2.05 bits per heavy atom. The van der Waals surface area contributed by atoms with Gasteiger partial charge in [-0.25, -0.2) is 9.59 Å². The highest BCUT2D eigenvalue weighted by molar-refractivity contribution is 5.83. The summed E-state index contributed by atoms with van der Waals surface area (Å²) in [5.41, 5.74) is 0. The van der Waals surface area contributed by atoms with Crippen LogP contribution in [0.15, 0.2) is 12.2 Å². The second kappa shape index (κ2) is 6.08. The predicted octanol–water partition coefficient (Wildman–Crippen LogP) is 1.99. The van der Waals surface area contributed by atoms with Crippen molar-refractivity contribution in [2.45, 2.75) is 51.1 Å². The number of urea groups is 1. The highest BCUT2D eigenvalue weighted by Crippen LogP contribution is 2.26. The van der Waals surface area contributed by atoms with E-state index in [-0.39, 0.29) is 12.1 Å². The number of likely N-dealkylation sites (tertiary alicyclic amines) is 1.